The Morgan fingerprint density at radius 3 is 1.39 bits per heavy atom. The zero-order chi connectivity index (χ0) is 37.8. The van der Waals surface area contributed by atoms with Crippen molar-refractivity contribution in [3.8, 4) is 34.3 Å². The Balaban J connectivity index is 1.27. The molecular weight excluding hydrogens is 689 g/mol. The van der Waals surface area contributed by atoms with Gasteiger partial charge in [-0.05, 0) is 80.0 Å². The third kappa shape index (κ3) is 7.27. The molecule has 6 aromatic carbocycles. The van der Waals surface area contributed by atoms with E-state index in [0.29, 0.717) is 17.6 Å². The van der Waals surface area contributed by atoms with E-state index in [1.165, 1.54) is 45.5 Å². The first-order valence-electron chi connectivity index (χ1n) is 20.3. The smallest absolute Gasteiger partial charge is 0.229 e. The average molecular weight is 739 g/mol. The van der Waals surface area contributed by atoms with Crippen LogP contribution < -0.4 is 9.47 Å². The minimum Gasteiger partial charge on any atom is -0.467 e. The number of hydrogen-bond acceptors (Lipinski definition) is 6. The number of aromatic nitrogens is 2. The summed E-state index contributed by atoms with van der Waals surface area (Å²) in [6, 6.07) is 51.5. The zero-order valence-electron chi connectivity index (χ0n) is 32.4. The Hall–Kier alpha value is -5.56. The Morgan fingerprint density at radius 2 is 0.911 bits per heavy atom. The van der Waals surface area contributed by atoms with E-state index in [4.69, 9.17) is 19.4 Å². The molecule has 0 bridgehead atoms. The summed E-state index contributed by atoms with van der Waals surface area (Å²) in [5, 5.41) is 4.80. The van der Waals surface area contributed by atoms with Crippen molar-refractivity contribution in [1.29, 1.82) is 0 Å². The molecule has 0 aliphatic carbocycles. The molecule has 0 radical (unpaired) electrons. The van der Waals surface area contributed by atoms with Gasteiger partial charge in [0.15, 0.2) is 5.82 Å². The van der Waals surface area contributed by atoms with Crippen LogP contribution in [0.2, 0.25) is 0 Å². The van der Waals surface area contributed by atoms with Crippen molar-refractivity contribution in [2.75, 3.05) is 27.2 Å². The minimum absolute atomic E-state index is 0.150. The quantitative estimate of drug-likeness (QED) is 0.139. The Morgan fingerprint density at radius 1 is 0.482 bits per heavy atom. The van der Waals surface area contributed by atoms with E-state index in [2.05, 4.69) is 151 Å². The van der Waals surface area contributed by atoms with Gasteiger partial charge in [0.2, 0.25) is 11.8 Å². The van der Waals surface area contributed by atoms with Gasteiger partial charge in [-0.3, -0.25) is 9.80 Å². The van der Waals surface area contributed by atoms with E-state index < -0.39 is 0 Å². The van der Waals surface area contributed by atoms with Crippen molar-refractivity contribution >= 4 is 21.5 Å². The summed E-state index contributed by atoms with van der Waals surface area (Å²) >= 11 is 0. The van der Waals surface area contributed by atoms with Crippen LogP contribution in [0.4, 0.5) is 0 Å². The van der Waals surface area contributed by atoms with Crippen LogP contribution in [-0.2, 0) is 0 Å². The molecule has 2 aliphatic heterocycles. The fourth-order valence-corrected chi connectivity index (χ4v) is 9.06. The second kappa shape index (κ2) is 16.3. The lowest BCUT2D eigenvalue weighted by Gasteiger charge is -2.39. The molecule has 0 saturated carbocycles. The van der Waals surface area contributed by atoms with E-state index in [1.54, 1.807) is 0 Å². The van der Waals surface area contributed by atoms with Crippen molar-refractivity contribution < 1.29 is 9.47 Å². The van der Waals surface area contributed by atoms with Crippen LogP contribution in [0.5, 0.6) is 11.8 Å². The molecule has 9 rings (SSSR count). The molecule has 1 aromatic heterocycles. The molecule has 2 aliphatic rings. The first kappa shape index (κ1) is 36.1. The molecule has 56 heavy (non-hydrogen) atoms. The maximum atomic E-state index is 7.55. The van der Waals surface area contributed by atoms with Gasteiger partial charge < -0.3 is 9.47 Å². The molecule has 0 N–H and O–H groups in total. The van der Waals surface area contributed by atoms with Crippen LogP contribution in [0.25, 0.3) is 44.1 Å². The van der Waals surface area contributed by atoms with Gasteiger partial charge in [0.1, 0.15) is 17.8 Å². The van der Waals surface area contributed by atoms with Crippen LogP contribution in [0.1, 0.15) is 61.9 Å². The number of piperidine rings is 2. The van der Waals surface area contributed by atoms with Crippen LogP contribution >= 0.6 is 0 Å². The summed E-state index contributed by atoms with van der Waals surface area (Å²) in [5.41, 5.74) is 4.98. The van der Waals surface area contributed by atoms with E-state index >= 15 is 0 Å². The summed E-state index contributed by atoms with van der Waals surface area (Å²) in [6.07, 6.45) is 6.14. The highest BCUT2D eigenvalue weighted by molar-refractivity contribution is 5.87. The molecule has 2 unspecified atom stereocenters. The molecule has 2 saturated heterocycles. The SMILES string of the molecule is CN1CCCCC1[C@@H](Oc1nc(-c2ccccc2)nc(O[C@@H](c2cccc3ccccc23)C2CCCCN2C)c1-c1ccccc1)c1cccc2ccccc12. The van der Waals surface area contributed by atoms with Crippen molar-refractivity contribution in [2.24, 2.45) is 0 Å². The molecule has 4 atom stereocenters. The molecule has 282 valence electrons. The second-order valence-electron chi connectivity index (χ2n) is 15.6. The Labute approximate surface area is 330 Å². The molecule has 6 heteroatoms. The maximum Gasteiger partial charge on any atom is 0.229 e. The monoisotopic (exact) mass is 738 g/mol. The normalized spacial score (nSPS) is 19.1. The zero-order valence-corrected chi connectivity index (χ0v) is 32.4. The lowest BCUT2D eigenvalue weighted by Crippen LogP contribution is -2.43. The molecule has 6 nitrogen and oxygen atoms in total. The number of nitrogens with zero attached hydrogens (tertiary/aromatic N) is 4. The van der Waals surface area contributed by atoms with Crippen molar-refractivity contribution in [1.82, 2.24) is 19.8 Å². The molecule has 2 fully saturated rings. The van der Waals surface area contributed by atoms with E-state index in [9.17, 15) is 0 Å². The number of likely N-dealkylation sites (N-methyl/N-ethyl adjacent to an activating group) is 2. The molecular formula is C50H50N4O2. The fourth-order valence-electron chi connectivity index (χ4n) is 9.06. The standard InChI is InChI=1S/C50H50N4O2/c1-53-33-15-13-31-43(53)46(41-29-17-25-35-19-9-11-27-39(35)41)55-49-45(37-21-5-3-6-22-37)50(52-48(51-49)38-23-7-4-8-24-38)56-47(44-32-14-16-34-54(44)2)42-30-18-26-36-20-10-12-28-40(36)42/h3-12,17-30,43-44,46-47H,13-16,31-34H2,1-2H3/t43?,44?,46-,47-/m0/s1. The molecule has 3 heterocycles. The third-order valence-corrected chi connectivity index (χ3v) is 12.0. The van der Waals surface area contributed by atoms with Gasteiger partial charge in [-0.15, -0.1) is 0 Å². The van der Waals surface area contributed by atoms with Crippen molar-refractivity contribution in [3.63, 3.8) is 0 Å². The summed E-state index contributed by atoms with van der Waals surface area (Å²) in [5.74, 6) is 1.65. The van der Waals surface area contributed by atoms with Gasteiger partial charge in [-0.2, -0.15) is 9.97 Å². The predicted octanol–water partition coefficient (Wildman–Crippen LogP) is 11.3. The highest BCUT2D eigenvalue weighted by Crippen LogP contribution is 2.45. The Bertz CT molecular complexity index is 2280. The van der Waals surface area contributed by atoms with E-state index in [1.807, 2.05) is 18.2 Å². The topological polar surface area (TPSA) is 50.7 Å². The summed E-state index contributed by atoms with van der Waals surface area (Å²) < 4.78 is 15.1. The number of rotatable bonds is 10. The molecule has 0 spiro atoms. The second-order valence-corrected chi connectivity index (χ2v) is 15.6. The van der Waals surface area contributed by atoms with Gasteiger partial charge >= 0.3 is 0 Å². The highest BCUT2D eigenvalue weighted by Gasteiger charge is 2.36. The summed E-state index contributed by atoms with van der Waals surface area (Å²) in [6.45, 7) is 2.05. The van der Waals surface area contributed by atoms with Crippen LogP contribution in [0.15, 0.2) is 146 Å². The van der Waals surface area contributed by atoms with Gasteiger partial charge in [-0.25, -0.2) is 0 Å². The van der Waals surface area contributed by atoms with Crippen LogP contribution in [0, 0.1) is 0 Å². The van der Waals surface area contributed by atoms with Crippen molar-refractivity contribution in [2.45, 2.75) is 62.8 Å². The summed E-state index contributed by atoms with van der Waals surface area (Å²) in [7, 11) is 4.48. The average Bonchev–Trinajstić information content (AvgIpc) is 3.25. The van der Waals surface area contributed by atoms with Crippen molar-refractivity contribution in [3.05, 3.63) is 157 Å². The van der Waals surface area contributed by atoms with Gasteiger partial charge in [-0.1, -0.05) is 158 Å². The first-order valence-corrected chi connectivity index (χ1v) is 20.3. The Kier molecular flexibility index (Phi) is 10.5. The number of fused-ring (bicyclic) bond motifs is 2. The van der Waals surface area contributed by atoms with Crippen LogP contribution in [-0.4, -0.2) is 59.0 Å². The minimum atomic E-state index is -0.293. The highest BCUT2D eigenvalue weighted by atomic mass is 16.5. The lowest BCUT2D eigenvalue weighted by atomic mass is 9.90. The lowest BCUT2D eigenvalue weighted by molar-refractivity contribution is 0.0501. The largest absolute Gasteiger partial charge is 0.467 e. The number of hydrogen-bond donors (Lipinski definition) is 0. The van der Waals surface area contributed by atoms with E-state index in [-0.39, 0.29) is 24.3 Å². The number of benzene rings is 6. The predicted molar refractivity (Wildman–Crippen MR) is 228 cm³/mol. The first-order chi connectivity index (χ1) is 27.6. The summed E-state index contributed by atoms with van der Waals surface area (Å²) in [4.78, 5) is 15.7. The maximum absolute atomic E-state index is 7.55. The third-order valence-electron chi connectivity index (χ3n) is 12.0. The van der Waals surface area contributed by atoms with E-state index in [0.717, 1.165) is 55.5 Å². The number of likely N-dealkylation sites (tertiary alicyclic amines) is 2. The fraction of sp³-hybridized carbons (Fsp3) is 0.280. The molecule has 7 aromatic rings. The van der Waals surface area contributed by atoms with Gasteiger partial charge in [0.05, 0.1) is 12.1 Å². The van der Waals surface area contributed by atoms with Crippen LogP contribution in [0.3, 0.4) is 0 Å². The number of ether oxygens (including phenoxy) is 2. The van der Waals surface area contributed by atoms with Gasteiger partial charge in [0, 0.05) is 16.7 Å². The van der Waals surface area contributed by atoms with Gasteiger partial charge in [0.25, 0.3) is 0 Å². The molecule has 0 amide bonds.